The largest absolute Gasteiger partial charge is 0.368 e. The molecule has 156 valence electrons. The molecule has 0 spiro atoms. The van der Waals surface area contributed by atoms with Gasteiger partial charge in [-0.25, -0.2) is 8.42 Å². The number of sulfone groups is 1. The number of primary amides is 1. The third-order valence-electron chi connectivity index (χ3n) is 5.22. The summed E-state index contributed by atoms with van der Waals surface area (Å²) in [6.07, 6.45) is 3.58. The summed E-state index contributed by atoms with van der Waals surface area (Å²) in [4.78, 5) is 16.3. The Hall–Kier alpha value is -2.72. The first-order chi connectivity index (χ1) is 14.2. The van der Waals surface area contributed by atoms with E-state index in [1.165, 1.54) is 18.2 Å². The molecule has 0 bridgehead atoms. The fourth-order valence-corrected chi connectivity index (χ4v) is 8.69. The van der Waals surface area contributed by atoms with Gasteiger partial charge < -0.3 is 5.73 Å². The highest BCUT2D eigenvalue weighted by molar-refractivity contribution is 8.26. The molecule has 0 aliphatic carbocycles. The molecule has 2 aromatic carbocycles. The minimum atomic E-state index is -4.14. The first-order valence-corrected chi connectivity index (χ1v) is 12.3. The van der Waals surface area contributed by atoms with Crippen LogP contribution in [0.3, 0.4) is 0 Å². The molecular weight excluding hydrogens is 424 g/mol. The second-order valence-electron chi connectivity index (χ2n) is 7.06. The van der Waals surface area contributed by atoms with Crippen molar-refractivity contribution in [2.24, 2.45) is 5.73 Å². The zero-order valence-corrected chi connectivity index (χ0v) is 17.4. The molecular formula is C21H20N2O5S2. The second-order valence-corrected chi connectivity index (χ2v) is 11.3. The summed E-state index contributed by atoms with van der Waals surface area (Å²) in [6, 6.07) is 16.0. The van der Waals surface area contributed by atoms with E-state index in [2.05, 4.69) is 4.98 Å². The number of hydrogen-bond donors (Lipinski definition) is 3. The number of benzene rings is 2. The molecule has 3 aromatic rings. The van der Waals surface area contributed by atoms with E-state index in [4.69, 9.17) is 5.73 Å². The minimum absolute atomic E-state index is 0.0111. The molecule has 30 heavy (non-hydrogen) atoms. The Morgan fingerprint density at radius 3 is 2.30 bits per heavy atom. The van der Waals surface area contributed by atoms with Crippen molar-refractivity contribution in [1.82, 2.24) is 4.98 Å². The molecule has 1 amide bonds. The molecule has 1 aromatic heterocycles. The summed E-state index contributed by atoms with van der Waals surface area (Å²) in [6.45, 7) is 0. The van der Waals surface area contributed by atoms with Crippen LogP contribution in [-0.2, 0) is 21.1 Å². The van der Waals surface area contributed by atoms with E-state index >= 15 is 0 Å². The molecule has 0 fully saturated rings. The quantitative estimate of drug-likeness (QED) is 0.554. The van der Waals surface area contributed by atoms with Crippen LogP contribution in [0.1, 0.15) is 21.9 Å². The number of carbonyl (C=O) groups is 1. The van der Waals surface area contributed by atoms with Crippen LogP contribution in [0.25, 0.3) is 0 Å². The Bertz CT molecular complexity index is 1200. The number of fused-ring (bicyclic) bond motifs is 1. The number of pyridine rings is 1. The van der Waals surface area contributed by atoms with E-state index in [1.54, 1.807) is 54.9 Å². The van der Waals surface area contributed by atoms with Crippen molar-refractivity contribution in [3.05, 3.63) is 89.7 Å². The summed E-state index contributed by atoms with van der Waals surface area (Å²) < 4.78 is 49.0. The number of amides is 1. The highest BCUT2D eigenvalue weighted by Gasteiger charge is 2.55. The summed E-state index contributed by atoms with van der Waals surface area (Å²) in [5, 5.41) is -3.16. The van der Waals surface area contributed by atoms with Gasteiger partial charge in [0, 0.05) is 12.4 Å². The van der Waals surface area contributed by atoms with Gasteiger partial charge in [-0.05, 0) is 53.4 Å². The monoisotopic (exact) mass is 444 g/mol. The SMILES string of the molecule is NC(=O)C1C(S(=O)(=O)c2ccccc2)c2c(Cc3ccncc3)cccc2S1(O)O. The van der Waals surface area contributed by atoms with Crippen molar-refractivity contribution in [3.63, 3.8) is 0 Å². The van der Waals surface area contributed by atoms with Crippen LogP contribution in [0.5, 0.6) is 0 Å². The number of carbonyl (C=O) groups excluding carboxylic acids is 1. The van der Waals surface area contributed by atoms with Crippen molar-refractivity contribution < 1.29 is 22.3 Å². The molecule has 4 N–H and O–H groups in total. The van der Waals surface area contributed by atoms with Gasteiger partial charge in [0.2, 0.25) is 5.91 Å². The van der Waals surface area contributed by atoms with E-state index in [0.29, 0.717) is 12.0 Å². The number of nitrogens with zero attached hydrogens (tertiary/aromatic N) is 1. The fourth-order valence-electron chi connectivity index (χ4n) is 3.90. The Morgan fingerprint density at radius 1 is 1.00 bits per heavy atom. The van der Waals surface area contributed by atoms with E-state index in [9.17, 15) is 22.3 Å². The third-order valence-corrected chi connectivity index (χ3v) is 9.72. The van der Waals surface area contributed by atoms with Gasteiger partial charge in [-0.3, -0.25) is 18.9 Å². The summed E-state index contributed by atoms with van der Waals surface area (Å²) in [5.74, 6) is -1.06. The summed E-state index contributed by atoms with van der Waals surface area (Å²) in [7, 11) is -7.91. The third kappa shape index (κ3) is 3.29. The zero-order valence-electron chi connectivity index (χ0n) is 15.8. The molecule has 0 saturated heterocycles. The summed E-state index contributed by atoms with van der Waals surface area (Å²) in [5.41, 5.74) is 7.21. The normalized spacial score (nSPS) is 21.0. The zero-order chi connectivity index (χ0) is 21.5. The van der Waals surface area contributed by atoms with Crippen LogP contribution in [0.4, 0.5) is 0 Å². The molecule has 1 aliphatic rings. The van der Waals surface area contributed by atoms with Gasteiger partial charge in [-0.2, -0.15) is 10.6 Å². The molecule has 0 saturated carbocycles. The lowest BCUT2D eigenvalue weighted by Gasteiger charge is -2.34. The van der Waals surface area contributed by atoms with Gasteiger partial charge in [0.25, 0.3) is 0 Å². The molecule has 1 aliphatic heterocycles. The fraction of sp³-hybridized carbons (Fsp3) is 0.143. The molecule has 2 unspecified atom stereocenters. The maximum atomic E-state index is 13.6. The Kier molecular flexibility index (Phi) is 5.15. The van der Waals surface area contributed by atoms with Crippen LogP contribution < -0.4 is 5.73 Å². The standard InChI is InChI=1S/C21H20N2O5S2/c22-21(24)20-19(29(25,26)16-6-2-1-3-7-16)18-15(13-14-9-11-23-12-10-14)5-4-8-17(18)30(20,27)28/h1-12,19-20,27-28H,13H2,(H2,22,24). The molecule has 4 rings (SSSR count). The lowest BCUT2D eigenvalue weighted by Crippen LogP contribution is -2.37. The topological polar surface area (TPSA) is 131 Å². The number of nitrogens with two attached hydrogens (primary N) is 1. The number of hydrogen-bond acceptors (Lipinski definition) is 6. The predicted octanol–water partition coefficient (Wildman–Crippen LogP) is 3.16. The smallest absolute Gasteiger partial charge is 0.241 e. The average molecular weight is 445 g/mol. The van der Waals surface area contributed by atoms with Crippen LogP contribution in [-0.4, -0.2) is 33.7 Å². The Morgan fingerprint density at radius 2 is 1.67 bits per heavy atom. The molecule has 2 heterocycles. The maximum absolute atomic E-state index is 13.6. The molecule has 0 radical (unpaired) electrons. The van der Waals surface area contributed by atoms with Crippen LogP contribution in [0, 0.1) is 0 Å². The van der Waals surface area contributed by atoms with E-state index in [1.807, 2.05) is 0 Å². The first-order valence-electron chi connectivity index (χ1n) is 9.10. The van der Waals surface area contributed by atoms with E-state index < -0.39 is 36.8 Å². The van der Waals surface area contributed by atoms with Crippen LogP contribution in [0.15, 0.2) is 82.8 Å². The highest BCUT2D eigenvalue weighted by Crippen LogP contribution is 2.66. The molecule has 7 nitrogen and oxygen atoms in total. The minimum Gasteiger partial charge on any atom is -0.368 e. The van der Waals surface area contributed by atoms with Crippen LogP contribution >= 0.6 is 10.6 Å². The summed E-state index contributed by atoms with van der Waals surface area (Å²) >= 11 is 0. The first kappa shape index (κ1) is 20.5. The lowest BCUT2D eigenvalue weighted by molar-refractivity contribution is -0.117. The molecule has 2 atom stereocenters. The van der Waals surface area contributed by atoms with Crippen molar-refractivity contribution in [2.45, 2.75) is 26.7 Å². The highest BCUT2D eigenvalue weighted by atomic mass is 32.3. The van der Waals surface area contributed by atoms with Gasteiger partial charge in [-0.15, -0.1) is 0 Å². The number of rotatable bonds is 5. The van der Waals surface area contributed by atoms with Gasteiger partial charge in [-0.1, -0.05) is 30.3 Å². The number of aromatic nitrogens is 1. The van der Waals surface area contributed by atoms with E-state index in [-0.39, 0.29) is 15.4 Å². The average Bonchev–Trinajstić information content (AvgIpc) is 2.98. The van der Waals surface area contributed by atoms with Gasteiger partial charge in [0.05, 0.1) is 9.79 Å². The Labute approximate surface area is 175 Å². The molecule has 9 heteroatoms. The van der Waals surface area contributed by atoms with Gasteiger partial charge >= 0.3 is 0 Å². The van der Waals surface area contributed by atoms with E-state index in [0.717, 1.165) is 5.56 Å². The van der Waals surface area contributed by atoms with Crippen molar-refractivity contribution in [3.8, 4) is 0 Å². The lowest BCUT2D eigenvalue weighted by atomic mass is 9.97. The Balaban J connectivity index is 1.96. The van der Waals surface area contributed by atoms with Crippen molar-refractivity contribution >= 4 is 26.3 Å². The van der Waals surface area contributed by atoms with Crippen molar-refractivity contribution in [2.75, 3.05) is 0 Å². The van der Waals surface area contributed by atoms with Gasteiger partial charge in [0.1, 0.15) is 5.25 Å². The van der Waals surface area contributed by atoms with Gasteiger partial charge in [0.15, 0.2) is 15.1 Å². The maximum Gasteiger partial charge on any atom is 0.241 e. The van der Waals surface area contributed by atoms with Crippen LogP contribution in [0.2, 0.25) is 0 Å². The predicted molar refractivity (Wildman–Crippen MR) is 114 cm³/mol. The van der Waals surface area contributed by atoms with Crippen molar-refractivity contribution in [1.29, 1.82) is 0 Å². The second kappa shape index (κ2) is 7.51.